The minimum absolute atomic E-state index is 0.231. The second-order valence-electron chi connectivity index (χ2n) is 6.63. The summed E-state index contributed by atoms with van der Waals surface area (Å²) in [7, 11) is 1.53. The molecule has 0 fully saturated rings. The van der Waals surface area contributed by atoms with Crippen molar-refractivity contribution in [2.75, 3.05) is 7.11 Å². The van der Waals surface area contributed by atoms with E-state index in [-0.39, 0.29) is 5.91 Å². The van der Waals surface area contributed by atoms with Crippen molar-refractivity contribution < 1.29 is 9.53 Å². The lowest BCUT2D eigenvalue weighted by atomic mass is 10.1. The molecule has 4 rings (SSSR count). The summed E-state index contributed by atoms with van der Waals surface area (Å²) in [6.45, 7) is 0.405. The highest BCUT2D eigenvalue weighted by atomic mass is 35.5. The predicted molar refractivity (Wildman–Crippen MR) is 122 cm³/mol. The fraction of sp³-hybridized carbons (Fsp3) is 0.0833. The molecule has 4 aromatic rings. The maximum atomic E-state index is 12.5. The van der Waals surface area contributed by atoms with Gasteiger partial charge in [0.05, 0.1) is 18.4 Å². The second kappa shape index (κ2) is 9.11. The van der Waals surface area contributed by atoms with E-state index in [2.05, 4.69) is 22.8 Å². The van der Waals surface area contributed by atoms with Crippen LogP contribution in [-0.2, 0) is 6.54 Å². The molecule has 1 N–H and O–H groups in total. The van der Waals surface area contributed by atoms with Crippen molar-refractivity contribution in [3.05, 3.63) is 94.3 Å². The third-order valence-corrected chi connectivity index (χ3v) is 5.76. The number of methoxy groups -OCH3 is 1. The number of nitrogens with one attached hydrogen (secondary N) is 1. The van der Waals surface area contributed by atoms with Crippen molar-refractivity contribution in [1.29, 1.82) is 0 Å². The number of hydrogen-bond acceptors (Lipinski definition) is 4. The Labute approximate surface area is 184 Å². The zero-order valence-electron chi connectivity index (χ0n) is 16.3. The first-order valence-electron chi connectivity index (χ1n) is 9.36. The summed E-state index contributed by atoms with van der Waals surface area (Å²) < 4.78 is 5.25. The summed E-state index contributed by atoms with van der Waals surface area (Å²) in [4.78, 5) is 17.3. The molecular formula is C24H19ClN2O2S. The largest absolute Gasteiger partial charge is 0.496 e. The zero-order chi connectivity index (χ0) is 20.9. The van der Waals surface area contributed by atoms with Gasteiger partial charge in [-0.3, -0.25) is 4.79 Å². The Hall–Kier alpha value is -3.15. The molecule has 0 bridgehead atoms. The van der Waals surface area contributed by atoms with Gasteiger partial charge in [0.15, 0.2) is 0 Å². The summed E-state index contributed by atoms with van der Waals surface area (Å²) in [6, 6.07) is 23.1. The molecular weight excluding hydrogens is 416 g/mol. The Kier molecular flexibility index (Phi) is 6.12. The van der Waals surface area contributed by atoms with Gasteiger partial charge in [-0.25, -0.2) is 4.98 Å². The molecule has 1 aromatic heterocycles. The maximum absolute atomic E-state index is 12.5. The van der Waals surface area contributed by atoms with Crippen LogP contribution in [0.5, 0.6) is 5.75 Å². The first-order valence-corrected chi connectivity index (χ1v) is 10.6. The van der Waals surface area contributed by atoms with Crippen LogP contribution >= 0.6 is 22.9 Å². The molecule has 0 saturated carbocycles. The van der Waals surface area contributed by atoms with Crippen molar-refractivity contribution in [3.8, 4) is 27.6 Å². The number of ether oxygens (including phenoxy) is 1. The van der Waals surface area contributed by atoms with E-state index in [4.69, 9.17) is 21.3 Å². The summed E-state index contributed by atoms with van der Waals surface area (Å²) in [6.07, 6.45) is 0. The van der Waals surface area contributed by atoms with Crippen LogP contribution in [0.1, 0.15) is 15.9 Å². The van der Waals surface area contributed by atoms with Gasteiger partial charge in [-0.05, 0) is 23.8 Å². The van der Waals surface area contributed by atoms with E-state index in [9.17, 15) is 4.79 Å². The average molecular weight is 435 g/mol. The van der Waals surface area contributed by atoms with Crippen LogP contribution < -0.4 is 10.1 Å². The molecule has 0 atom stereocenters. The van der Waals surface area contributed by atoms with Gasteiger partial charge in [0.2, 0.25) is 0 Å². The SMILES string of the molecule is COc1ccc(Cl)cc1C(=O)NCc1ccc(-c2nc(-c3ccccc3)cs2)cc1. The quantitative estimate of drug-likeness (QED) is 0.400. The summed E-state index contributed by atoms with van der Waals surface area (Å²) in [5, 5.41) is 6.43. The lowest BCUT2D eigenvalue weighted by Crippen LogP contribution is -2.23. The van der Waals surface area contributed by atoms with Gasteiger partial charge in [0.25, 0.3) is 5.91 Å². The smallest absolute Gasteiger partial charge is 0.255 e. The van der Waals surface area contributed by atoms with E-state index in [1.54, 1.807) is 29.5 Å². The number of thiazole rings is 1. The average Bonchev–Trinajstić information content (AvgIpc) is 3.29. The highest BCUT2D eigenvalue weighted by Gasteiger charge is 2.13. The third-order valence-electron chi connectivity index (χ3n) is 4.63. The number of carbonyl (C=O) groups excluding carboxylic acids is 1. The molecule has 6 heteroatoms. The molecule has 3 aromatic carbocycles. The lowest BCUT2D eigenvalue weighted by Gasteiger charge is -2.10. The van der Waals surface area contributed by atoms with Gasteiger partial charge in [0, 0.05) is 28.1 Å². The van der Waals surface area contributed by atoms with Gasteiger partial charge in [-0.1, -0.05) is 66.2 Å². The third kappa shape index (κ3) is 4.53. The van der Waals surface area contributed by atoms with Crippen LogP contribution in [0.15, 0.2) is 78.2 Å². The monoisotopic (exact) mass is 434 g/mol. The van der Waals surface area contributed by atoms with Crippen molar-refractivity contribution in [2.45, 2.75) is 6.54 Å². The molecule has 1 heterocycles. The molecule has 0 unspecified atom stereocenters. The molecule has 0 radical (unpaired) electrons. The number of carbonyl (C=O) groups is 1. The van der Waals surface area contributed by atoms with Crippen molar-refractivity contribution in [3.63, 3.8) is 0 Å². The number of hydrogen-bond donors (Lipinski definition) is 1. The number of amides is 1. The topological polar surface area (TPSA) is 51.2 Å². The molecule has 0 aliphatic rings. The van der Waals surface area contributed by atoms with E-state index in [0.717, 1.165) is 27.4 Å². The number of nitrogens with zero attached hydrogens (tertiary/aromatic N) is 1. The van der Waals surface area contributed by atoms with Gasteiger partial charge in [0.1, 0.15) is 10.8 Å². The minimum atomic E-state index is -0.231. The molecule has 0 spiro atoms. The number of aromatic nitrogens is 1. The predicted octanol–water partition coefficient (Wildman–Crippen LogP) is 6.07. The van der Waals surface area contributed by atoms with Gasteiger partial charge >= 0.3 is 0 Å². The molecule has 0 aliphatic heterocycles. The number of halogens is 1. The van der Waals surface area contributed by atoms with Gasteiger partial charge in [-0.2, -0.15) is 0 Å². The Balaban J connectivity index is 1.43. The lowest BCUT2D eigenvalue weighted by molar-refractivity contribution is 0.0948. The highest BCUT2D eigenvalue weighted by molar-refractivity contribution is 7.13. The first kappa shape index (κ1) is 20.1. The molecule has 0 saturated heterocycles. The van der Waals surface area contributed by atoms with Gasteiger partial charge in [-0.15, -0.1) is 11.3 Å². The van der Waals surface area contributed by atoms with Crippen LogP contribution in [0.2, 0.25) is 5.02 Å². The van der Waals surface area contributed by atoms with Crippen molar-refractivity contribution in [2.24, 2.45) is 0 Å². The second-order valence-corrected chi connectivity index (χ2v) is 7.92. The zero-order valence-corrected chi connectivity index (χ0v) is 17.8. The van der Waals surface area contributed by atoms with E-state index in [0.29, 0.717) is 22.9 Å². The normalized spacial score (nSPS) is 10.6. The summed E-state index contributed by atoms with van der Waals surface area (Å²) in [5.41, 5.74) is 4.54. The molecule has 4 nitrogen and oxygen atoms in total. The van der Waals surface area contributed by atoms with Crippen LogP contribution in [0.25, 0.3) is 21.8 Å². The Morgan fingerprint density at radius 3 is 2.53 bits per heavy atom. The fourth-order valence-electron chi connectivity index (χ4n) is 3.05. The molecule has 30 heavy (non-hydrogen) atoms. The molecule has 150 valence electrons. The van der Waals surface area contributed by atoms with E-state index >= 15 is 0 Å². The molecule has 1 amide bonds. The van der Waals surface area contributed by atoms with Crippen LogP contribution in [0.3, 0.4) is 0 Å². The molecule has 0 aliphatic carbocycles. The number of benzene rings is 3. The van der Waals surface area contributed by atoms with Crippen molar-refractivity contribution in [1.82, 2.24) is 10.3 Å². The number of rotatable bonds is 6. The van der Waals surface area contributed by atoms with Crippen molar-refractivity contribution >= 4 is 28.8 Å². The minimum Gasteiger partial charge on any atom is -0.496 e. The standard InChI is InChI=1S/C24H19ClN2O2S/c1-29-22-12-11-19(25)13-20(22)23(28)26-14-16-7-9-18(10-8-16)24-27-21(15-30-24)17-5-3-2-4-6-17/h2-13,15H,14H2,1H3,(H,26,28). The van der Waals surface area contributed by atoms with E-state index in [1.165, 1.54) is 7.11 Å². The fourth-order valence-corrected chi connectivity index (χ4v) is 4.06. The van der Waals surface area contributed by atoms with Gasteiger partial charge < -0.3 is 10.1 Å². The van der Waals surface area contributed by atoms with E-state index in [1.807, 2.05) is 42.5 Å². The van der Waals surface area contributed by atoms with Crippen LogP contribution in [0, 0.1) is 0 Å². The van der Waals surface area contributed by atoms with Crippen LogP contribution in [0.4, 0.5) is 0 Å². The Morgan fingerprint density at radius 2 is 1.80 bits per heavy atom. The van der Waals surface area contributed by atoms with E-state index < -0.39 is 0 Å². The Bertz CT molecular complexity index is 1160. The summed E-state index contributed by atoms with van der Waals surface area (Å²) >= 11 is 7.63. The maximum Gasteiger partial charge on any atom is 0.255 e. The summed E-state index contributed by atoms with van der Waals surface area (Å²) in [5.74, 6) is 0.260. The first-order chi connectivity index (χ1) is 14.6. The highest BCUT2D eigenvalue weighted by Crippen LogP contribution is 2.29. The Morgan fingerprint density at radius 1 is 1.03 bits per heavy atom. The van der Waals surface area contributed by atoms with Crippen LogP contribution in [-0.4, -0.2) is 18.0 Å².